The molecule has 1 atom stereocenters. The lowest BCUT2D eigenvalue weighted by molar-refractivity contribution is -0.116. The third kappa shape index (κ3) is 9.15. The number of nitrogens with one attached hydrogen (secondary N) is 3. The summed E-state index contributed by atoms with van der Waals surface area (Å²) in [5.41, 5.74) is 8.07. The molecule has 6 N–H and O–H groups in total. The lowest BCUT2D eigenvalue weighted by Gasteiger charge is -2.18. The van der Waals surface area contributed by atoms with E-state index < -0.39 is 23.0 Å². The lowest BCUT2D eigenvalue weighted by Crippen LogP contribution is -2.30. The monoisotopic (exact) mass is 672 g/mol. The summed E-state index contributed by atoms with van der Waals surface area (Å²) < 4.78 is 5.37. The molecule has 0 aromatic heterocycles. The summed E-state index contributed by atoms with van der Waals surface area (Å²) in [6, 6.07) is 35.4. The number of thioether (sulfide) groups is 1. The molecule has 5 aromatic rings. The summed E-state index contributed by atoms with van der Waals surface area (Å²) in [6.07, 6.45) is 1.46. The Morgan fingerprint density at radius 1 is 0.755 bits per heavy atom. The summed E-state index contributed by atoms with van der Waals surface area (Å²) in [4.78, 5) is 52.5. The number of methoxy groups -OCH3 is 1. The van der Waals surface area contributed by atoms with Crippen molar-refractivity contribution in [3.05, 3.63) is 155 Å². The highest BCUT2D eigenvalue weighted by atomic mass is 32.2. The largest absolute Gasteiger partial charge is 0.508 e. The molecule has 0 aliphatic rings. The van der Waals surface area contributed by atoms with Crippen molar-refractivity contribution < 1.29 is 29.0 Å². The molecule has 4 amide bonds. The molecule has 0 bridgehead atoms. The van der Waals surface area contributed by atoms with Gasteiger partial charge in [0.05, 0.1) is 7.11 Å². The van der Waals surface area contributed by atoms with Crippen molar-refractivity contribution in [2.75, 3.05) is 17.7 Å². The summed E-state index contributed by atoms with van der Waals surface area (Å²) >= 11 is 1.28. The fraction of sp³-hybridized carbons (Fsp3) is 0.0526. The molecule has 0 aliphatic heterocycles. The Morgan fingerprint density at radius 3 is 2.12 bits per heavy atom. The average Bonchev–Trinajstić information content (AvgIpc) is 3.12. The van der Waals surface area contributed by atoms with Gasteiger partial charge in [-0.25, -0.2) is 0 Å². The van der Waals surface area contributed by atoms with Gasteiger partial charge in [0, 0.05) is 39.0 Å². The van der Waals surface area contributed by atoms with Crippen LogP contribution in [0.2, 0.25) is 0 Å². The van der Waals surface area contributed by atoms with Gasteiger partial charge in [0.1, 0.15) is 22.4 Å². The first-order valence-corrected chi connectivity index (χ1v) is 15.9. The highest BCUT2D eigenvalue weighted by molar-refractivity contribution is 8.00. The van der Waals surface area contributed by atoms with Crippen molar-refractivity contribution in [1.29, 1.82) is 0 Å². The van der Waals surface area contributed by atoms with E-state index in [1.807, 2.05) is 36.4 Å². The molecule has 5 rings (SSSR count). The van der Waals surface area contributed by atoms with Gasteiger partial charge in [-0.15, -0.1) is 11.8 Å². The van der Waals surface area contributed by atoms with E-state index in [1.165, 1.54) is 49.2 Å². The Labute approximate surface area is 287 Å². The van der Waals surface area contributed by atoms with E-state index in [0.717, 1.165) is 5.56 Å². The van der Waals surface area contributed by atoms with E-state index in [0.29, 0.717) is 38.7 Å². The molecule has 10 nitrogen and oxygen atoms in total. The molecule has 0 fully saturated rings. The maximum Gasteiger partial charge on any atom is 0.272 e. The first-order valence-electron chi connectivity index (χ1n) is 15.0. The number of benzene rings is 5. The smallest absolute Gasteiger partial charge is 0.272 e. The van der Waals surface area contributed by atoms with Gasteiger partial charge in [-0.05, 0) is 78.4 Å². The number of rotatable bonds is 12. The Bertz CT molecular complexity index is 2000. The van der Waals surface area contributed by atoms with E-state index >= 15 is 0 Å². The molecule has 0 saturated carbocycles. The number of phenols is 1. The third-order valence-corrected chi connectivity index (χ3v) is 8.42. The molecule has 0 spiro atoms. The van der Waals surface area contributed by atoms with Crippen molar-refractivity contribution in [1.82, 2.24) is 5.32 Å². The Hall–Kier alpha value is -6.33. The molecule has 0 aliphatic carbocycles. The minimum Gasteiger partial charge on any atom is -0.508 e. The van der Waals surface area contributed by atoms with Crippen LogP contribution in [0.15, 0.2) is 138 Å². The van der Waals surface area contributed by atoms with Crippen LogP contribution >= 0.6 is 11.8 Å². The number of ether oxygens (including phenoxy) is 1. The number of carbonyl (C=O) groups excluding carboxylic acids is 4. The van der Waals surface area contributed by atoms with Crippen molar-refractivity contribution in [2.24, 2.45) is 5.73 Å². The zero-order chi connectivity index (χ0) is 34.8. The van der Waals surface area contributed by atoms with Gasteiger partial charge in [-0.2, -0.15) is 0 Å². The van der Waals surface area contributed by atoms with Crippen molar-refractivity contribution >= 4 is 52.8 Å². The number of hydrogen-bond acceptors (Lipinski definition) is 7. The minimum atomic E-state index is -0.675. The number of aromatic hydroxyl groups is 1. The van der Waals surface area contributed by atoms with Crippen LogP contribution in [0.3, 0.4) is 0 Å². The SMILES string of the molecule is COc1cc(O)ccc1/C=C(/NC(=O)c1ccccc1)C(=O)Nc1cccc(SC(C(=O)Nc2ccc(C(N)=O)cc2)c2ccccc2)c1. The highest BCUT2D eigenvalue weighted by Gasteiger charge is 2.23. The molecule has 11 heteroatoms. The molecule has 5 aromatic carbocycles. The first-order chi connectivity index (χ1) is 23.7. The normalized spacial score (nSPS) is 11.6. The standard InChI is InChI=1S/C38H32N4O6S/c1-48-33-23-30(43)20-17-27(33)21-32(42-36(45)26-11-6-3-7-12-26)37(46)41-29-13-8-14-31(22-29)49-34(24-9-4-2-5-10-24)38(47)40-28-18-15-25(16-19-28)35(39)44/h2-23,34,43H,1H3,(H2,39,44)(H,40,47)(H,41,46)(H,42,45)/b32-21+. The molecule has 1 unspecified atom stereocenters. The number of anilines is 2. The zero-order valence-electron chi connectivity index (χ0n) is 26.3. The summed E-state index contributed by atoms with van der Waals surface area (Å²) in [5.74, 6) is -1.70. The summed E-state index contributed by atoms with van der Waals surface area (Å²) in [5, 5.41) is 17.7. The van der Waals surface area contributed by atoms with Crippen LogP contribution in [0.4, 0.5) is 11.4 Å². The maximum atomic E-state index is 13.7. The average molecular weight is 673 g/mol. The van der Waals surface area contributed by atoms with E-state index in [1.54, 1.807) is 66.7 Å². The van der Waals surface area contributed by atoms with Gasteiger partial charge in [0.25, 0.3) is 11.8 Å². The summed E-state index contributed by atoms with van der Waals surface area (Å²) in [7, 11) is 1.43. The second-order valence-corrected chi connectivity index (χ2v) is 11.8. The van der Waals surface area contributed by atoms with Crippen molar-refractivity contribution in [3.63, 3.8) is 0 Å². The highest BCUT2D eigenvalue weighted by Crippen LogP contribution is 2.37. The maximum absolute atomic E-state index is 13.7. The van der Waals surface area contributed by atoms with Gasteiger partial charge < -0.3 is 31.5 Å². The Kier molecular flexibility index (Phi) is 11.1. The van der Waals surface area contributed by atoms with Crippen molar-refractivity contribution in [3.8, 4) is 11.5 Å². The molecule has 0 saturated heterocycles. The molecule has 0 radical (unpaired) electrons. The van der Waals surface area contributed by atoms with Crippen LogP contribution in [-0.2, 0) is 9.59 Å². The first kappa shape index (κ1) is 34.0. The number of carbonyl (C=O) groups is 4. The van der Waals surface area contributed by atoms with Crippen LogP contribution in [0.5, 0.6) is 11.5 Å². The molecular weight excluding hydrogens is 641 g/mol. The van der Waals surface area contributed by atoms with E-state index in [4.69, 9.17) is 10.5 Å². The minimum absolute atomic E-state index is 0.0221. The van der Waals surface area contributed by atoms with Crippen LogP contribution in [0.1, 0.15) is 37.1 Å². The number of nitrogens with two attached hydrogens (primary N) is 1. The number of amides is 4. The van der Waals surface area contributed by atoms with E-state index in [9.17, 15) is 24.3 Å². The van der Waals surface area contributed by atoms with Gasteiger partial charge in [-0.3, -0.25) is 19.2 Å². The molecule has 0 heterocycles. The topological polar surface area (TPSA) is 160 Å². The van der Waals surface area contributed by atoms with Gasteiger partial charge in [0.15, 0.2) is 0 Å². The van der Waals surface area contributed by atoms with Crippen LogP contribution < -0.4 is 26.4 Å². The van der Waals surface area contributed by atoms with Crippen LogP contribution in [0, 0.1) is 0 Å². The summed E-state index contributed by atoms with van der Waals surface area (Å²) in [6.45, 7) is 0. The predicted molar refractivity (Wildman–Crippen MR) is 190 cm³/mol. The van der Waals surface area contributed by atoms with Crippen LogP contribution in [0.25, 0.3) is 6.08 Å². The van der Waals surface area contributed by atoms with Gasteiger partial charge in [0.2, 0.25) is 11.8 Å². The Balaban J connectivity index is 1.39. The van der Waals surface area contributed by atoms with E-state index in [-0.39, 0.29) is 17.4 Å². The van der Waals surface area contributed by atoms with Gasteiger partial charge >= 0.3 is 0 Å². The van der Waals surface area contributed by atoms with Gasteiger partial charge in [-0.1, -0.05) is 54.6 Å². The zero-order valence-corrected chi connectivity index (χ0v) is 27.1. The quantitative estimate of drug-likeness (QED) is 0.0759. The number of phenolic OH excluding ortho intramolecular Hbond substituents is 1. The number of hydrogen-bond donors (Lipinski definition) is 5. The molecular formula is C38H32N4O6S. The molecule has 246 valence electrons. The predicted octanol–water partition coefficient (Wildman–Crippen LogP) is 6.38. The Morgan fingerprint density at radius 2 is 1.45 bits per heavy atom. The fourth-order valence-electron chi connectivity index (χ4n) is 4.73. The second kappa shape index (κ2) is 16.0. The lowest BCUT2D eigenvalue weighted by atomic mass is 10.1. The molecule has 49 heavy (non-hydrogen) atoms. The third-order valence-electron chi connectivity index (χ3n) is 7.17. The van der Waals surface area contributed by atoms with Crippen molar-refractivity contribution in [2.45, 2.75) is 10.1 Å². The van der Waals surface area contributed by atoms with Crippen LogP contribution in [-0.4, -0.2) is 35.8 Å². The second-order valence-electron chi connectivity index (χ2n) is 10.6. The van der Waals surface area contributed by atoms with E-state index in [2.05, 4.69) is 16.0 Å². The number of primary amides is 1. The fourth-order valence-corrected chi connectivity index (χ4v) is 5.81.